The van der Waals surface area contributed by atoms with Gasteiger partial charge in [-0.25, -0.2) is 0 Å². The number of fused-ring (bicyclic) bond motifs is 2. The molecule has 0 saturated carbocycles. The Morgan fingerprint density at radius 2 is 0.977 bits per heavy atom. The second-order valence-corrected chi connectivity index (χ2v) is 40.9. The van der Waals surface area contributed by atoms with Crippen molar-refractivity contribution >= 4 is 61.4 Å². The van der Waals surface area contributed by atoms with E-state index in [-0.39, 0.29) is 24.8 Å². The van der Waals surface area contributed by atoms with Gasteiger partial charge in [0.2, 0.25) is 0 Å². The third kappa shape index (κ3) is 4.86. The predicted molar refractivity (Wildman–Crippen MR) is 202 cm³/mol. The monoisotopic (exact) mass is 748 g/mol. The number of hydrogen-bond donors (Lipinski definition) is 0. The molecule has 6 heteroatoms. The average molecular weight is 751 g/mol. The molecule has 0 N–H and O–H groups in total. The van der Waals surface area contributed by atoms with E-state index in [1.54, 1.807) is 31.6 Å². The Balaban J connectivity index is 0.00000192. The molecular formula is C38H42Cl2P2SiZr. The Kier molecular flexibility index (Phi) is 9.80. The van der Waals surface area contributed by atoms with Crippen molar-refractivity contribution in [1.29, 1.82) is 0 Å². The van der Waals surface area contributed by atoms with Gasteiger partial charge < -0.3 is 0 Å². The van der Waals surface area contributed by atoms with Crippen LogP contribution in [0.4, 0.5) is 0 Å². The Bertz CT molecular complexity index is 1760. The zero-order chi connectivity index (χ0) is 29.2. The van der Waals surface area contributed by atoms with Crippen LogP contribution in [0, 0.1) is 0 Å². The Hall–Kier alpha value is -1.36. The van der Waals surface area contributed by atoms with Crippen LogP contribution in [0.2, 0.25) is 4.13 Å². The van der Waals surface area contributed by atoms with Crippen molar-refractivity contribution in [2.75, 3.05) is 0 Å². The zero-order valence-electron chi connectivity index (χ0n) is 26.2. The Labute approximate surface area is 281 Å². The molecule has 2 aliphatic carbocycles. The van der Waals surface area contributed by atoms with Crippen molar-refractivity contribution in [1.82, 2.24) is 0 Å². The summed E-state index contributed by atoms with van der Waals surface area (Å²) in [5, 5.41) is 6.27. The van der Waals surface area contributed by atoms with Crippen LogP contribution in [0.25, 0.3) is 0 Å². The van der Waals surface area contributed by atoms with Crippen LogP contribution in [0.3, 0.4) is 0 Å². The third-order valence-electron chi connectivity index (χ3n) is 10.3. The first-order chi connectivity index (χ1) is 20.3. The molecule has 226 valence electrons. The molecule has 0 bridgehead atoms. The number of rotatable bonds is 6. The van der Waals surface area contributed by atoms with Gasteiger partial charge in [-0.3, -0.25) is 0 Å². The van der Waals surface area contributed by atoms with Gasteiger partial charge in [0.05, 0.1) is 0 Å². The van der Waals surface area contributed by atoms with Crippen LogP contribution in [0.5, 0.6) is 0 Å². The predicted octanol–water partition coefficient (Wildman–Crippen LogP) is 9.45. The first-order valence-electron chi connectivity index (χ1n) is 15.4. The standard InChI is InChI=1S/2C15H14P.C6H5.C2H5.2ClH.H2Si.Zr/c2*1-11-8-13-10-12(2)16(15(13)9-11)14-6-4-3-5-7-14;1-2-4-6-5-3-1;1-2;;;;/h2*3-7,9-10,12H,1-2H3;1-5H;1H2,2H3;2*1H;1H2;. The Morgan fingerprint density at radius 1 is 0.614 bits per heavy atom. The minimum Gasteiger partial charge on any atom is -0.147 e. The second kappa shape index (κ2) is 12.7. The number of halogens is 2. The van der Waals surface area contributed by atoms with Gasteiger partial charge >= 0.3 is 259 Å². The zero-order valence-corrected chi connectivity index (χ0v) is 33.5. The first-order valence-corrected chi connectivity index (χ1v) is 29.5. The number of benzene rings is 3. The molecule has 0 fully saturated rings. The van der Waals surface area contributed by atoms with E-state index in [9.17, 15) is 0 Å². The maximum absolute atomic E-state index is 4.17. The fourth-order valence-corrected chi connectivity index (χ4v) is 38.0. The van der Waals surface area contributed by atoms with Gasteiger partial charge in [0, 0.05) is 0 Å². The molecule has 44 heavy (non-hydrogen) atoms. The van der Waals surface area contributed by atoms with E-state index in [0.29, 0.717) is 11.3 Å². The molecular weight excluding hydrogens is 709 g/mol. The summed E-state index contributed by atoms with van der Waals surface area (Å²) in [5.74, 6) is 0. The van der Waals surface area contributed by atoms with Crippen LogP contribution >= 0.6 is 40.7 Å². The fourth-order valence-electron chi connectivity index (χ4n) is 8.54. The van der Waals surface area contributed by atoms with Crippen molar-refractivity contribution in [3.05, 3.63) is 155 Å². The molecule has 0 saturated heterocycles. The molecule has 2 heterocycles. The summed E-state index contributed by atoms with van der Waals surface area (Å²) in [6.45, 7) is 14.8. The van der Waals surface area contributed by atoms with Gasteiger partial charge in [-0.15, -0.1) is 24.8 Å². The summed E-state index contributed by atoms with van der Waals surface area (Å²) in [6.07, 6.45) is 10.6. The summed E-state index contributed by atoms with van der Waals surface area (Å²) in [5.41, 5.74) is 7.38. The Morgan fingerprint density at radius 3 is 1.34 bits per heavy atom. The maximum atomic E-state index is 2.68. The van der Waals surface area contributed by atoms with Crippen molar-refractivity contribution < 1.29 is 17.4 Å². The van der Waals surface area contributed by atoms with Crippen LogP contribution < -0.4 is 13.9 Å². The SMILES string of the molecule is C[CH2][Zr](=[SiH2])([C]1=C(C)C=C2C1=CC(C)P2c1ccccc1)([C]1=C(C)C=C2C1=CC(C)P2c1ccccc1)[c]1ccccc1.Cl.Cl. The number of hydrogen-bond acceptors (Lipinski definition) is 0. The summed E-state index contributed by atoms with van der Waals surface area (Å²) >= 11 is -4.17. The van der Waals surface area contributed by atoms with E-state index < -0.39 is 33.2 Å². The molecule has 0 radical (unpaired) electrons. The summed E-state index contributed by atoms with van der Waals surface area (Å²) in [6, 6.07) is 34.4. The van der Waals surface area contributed by atoms with Gasteiger partial charge in [0.1, 0.15) is 0 Å². The van der Waals surface area contributed by atoms with E-state index in [4.69, 9.17) is 0 Å². The van der Waals surface area contributed by atoms with Crippen molar-refractivity contribution in [2.45, 2.75) is 50.1 Å². The smallest absolute Gasteiger partial charge is 0.147 e. The third-order valence-corrected chi connectivity index (χ3v) is 42.5. The van der Waals surface area contributed by atoms with Crippen LogP contribution in [0.1, 0.15) is 34.6 Å². The van der Waals surface area contributed by atoms with Gasteiger partial charge in [-0.1, -0.05) is 0 Å². The molecule has 3 aromatic rings. The normalized spacial score (nSPS) is 24.1. The molecule has 7 rings (SSSR count). The fraction of sp³-hybridized carbons (Fsp3) is 0.211. The molecule has 0 nitrogen and oxygen atoms in total. The van der Waals surface area contributed by atoms with Gasteiger partial charge in [0.25, 0.3) is 0 Å². The molecule has 3 aromatic carbocycles. The van der Waals surface area contributed by atoms with Crippen LogP contribution in [0.15, 0.2) is 155 Å². The maximum Gasteiger partial charge on any atom is -0.147 e. The molecule has 0 aromatic heterocycles. The first kappa shape index (κ1) is 34.0. The van der Waals surface area contributed by atoms with E-state index in [2.05, 4.69) is 157 Å². The topological polar surface area (TPSA) is 0 Å². The summed E-state index contributed by atoms with van der Waals surface area (Å²) in [4.78, 5) is 0. The van der Waals surface area contributed by atoms with Crippen molar-refractivity contribution in [3.63, 3.8) is 0 Å². The average Bonchev–Trinajstić information content (AvgIpc) is 3.70. The number of allylic oxidation sites excluding steroid dienone is 12. The minimum atomic E-state index is -4.17. The van der Waals surface area contributed by atoms with Crippen LogP contribution in [-0.2, 0) is 17.4 Å². The van der Waals surface area contributed by atoms with Crippen molar-refractivity contribution in [3.8, 4) is 0 Å². The summed E-state index contributed by atoms with van der Waals surface area (Å²) in [7, 11) is -0.789. The molecule has 4 atom stereocenters. The largest absolute Gasteiger partial charge is 0.147 e. The van der Waals surface area contributed by atoms with E-state index in [0.717, 1.165) is 0 Å². The second-order valence-electron chi connectivity index (χ2n) is 12.6. The van der Waals surface area contributed by atoms with E-state index >= 15 is 0 Å². The van der Waals surface area contributed by atoms with Gasteiger partial charge in [-0.2, -0.15) is 0 Å². The van der Waals surface area contributed by atoms with E-state index in [1.807, 2.05) is 0 Å². The molecule has 0 spiro atoms. The molecule has 4 unspecified atom stereocenters. The van der Waals surface area contributed by atoms with Crippen molar-refractivity contribution in [2.24, 2.45) is 0 Å². The summed E-state index contributed by atoms with van der Waals surface area (Å²) < 4.78 is 6.34. The van der Waals surface area contributed by atoms with Crippen LogP contribution in [-0.4, -0.2) is 18.2 Å². The molecule has 0 amide bonds. The van der Waals surface area contributed by atoms with Gasteiger partial charge in [0.15, 0.2) is 0 Å². The minimum absolute atomic E-state index is 0. The molecule has 4 aliphatic rings. The quantitative estimate of drug-likeness (QED) is 0.174. The van der Waals surface area contributed by atoms with E-state index in [1.165, 1.54) is 25.9 Å². The molecule has 2 aliphatic heterocycles. The van der Waals surface area contributed by atoms with Gasteiger partial charge in [-0.05, 0) is 0 Å².